The van der Waals surface area contributed by atoms with Crippen molar-refractivity contribution < 1.29 is 14.3 Å². The molecule has 0 fully saturated rings. The number of anilines is 1. The normalized spacial score (nSPS) is 10.5. The molecule has 1 N–H and O–H groups in total. The van der Waals surface area contributed by atoms with Crippen LogP contribution >= 0.6 is 22.9 Å². The van der Waals surface area contributed by atoms with Gasteiger partial charge in [-0.1, -0.05) is 54.1 Å². The average molecular weight is 449 g/mol. The van der Waals surface area contributed by atoms with E-state index in [1.54, 1.807) is 30.3 Å². The van der Waals surface area contributed by atoms with Crippen molar-refractivity contribution in [2.45, 2.75) is 0 Å². The number of ether oxygens (including phenoxy) is 1. The SMILES string of the molecule is COC(=O)c1ccccc1C(=O)Nc1cccc(-c2csc(-c3ccccc3Cl)n2)c1. The first-order valence-corrected chi connectivity index (χ1v) is 10.6. The number of halogens is 1. The largest absolute Gasteiger partial charge is 0.465 e. The molecule has 0 aliphatic carbocycles. The van der Waals surface area contributed by atoms with E-state index in [4.69, 9.17) is 21.3 Å². The lowest BCUT2D eigenvalue weighted by atomic mass is 10.1. The summed E-state index contributed by atoms with van der Waals surface area (Å²) in [5.41, 5.74) is 3.57. The van der Waals surface area contributed by atoms with E-state index < -0.39 is 11.9 Å². The topological polar surface area (TPSA) is 68.3 Å². The van der Waals surface area contributed by atoms with Crippen LogP contribution in [0.4, 0.5) is 5.69 Å². The fourth-order valence-corrected chi connectivity index (χ4v) is 4.24. The maximum atomic E-state index is 12.8. The van der Waals surface area contributed by atoms with E-state index in [2.05, 4.69) is 5.32 Å². The molecule has 0 aliphatic heterocycles. The van der Waals surface area contributed by atoms with E-state index in [-0.39, 0.29) is 11.1 Å². The van der Waals surface area contributed by atoms with Crippen molar-refractivity contribution in [2.75, 3.05) is 12.4 Å². The molecule has 4 aromatic rings. The molecule has 0 bridgehead atoms. The second-order valence-corrected chi connectivity index (χ2v) is 7.86. The highest BCUT2D eigenvalue weighted by Gasteiger charge is 2.17. The van der Waals surface area contributed by atoms with Gasteiger partial charge in [-0.25, -0.2) is 9.78 Å². The third-order valence-corrected chi connectivity index (χ3v) is 5.81. The minimum absolute atomic E-state index is 0.211. The number of amides is 1. The number of carbonyl (C=O) groups is 2. The molecule has 0 unspecified atom stereocenters. The Labute approximate surface area is 188 Å². The highest BCUT2D eigenvalue weighted by atomic mass is 35.5. The zero-order valence-electron chi connectivity index (χ0n) is 16.5. The molecule has 0 saturated carbocycles. The van der Waals surface area contributed by atoms with Crippen LogP contribution in [0.25, 0.3) is 21.8 Å². The molecular weight excluding hydrogens is 432 g/mol. The Morgan fingerprint density at radius 2 is 1.71 bits per heavy atom. The number of benzene rings is 3. The molecule has 3 aromatic carbocycles. The fourth-order valence-electron chi connectivity index (χ4n) is 3.09. The Morgan fingerprint density at radius 3 is 2.48 bits per heavy atom. The van der Waals surface area contributed by atoms with Gasteiger partial charge in [-0.05, 0) is 30.3 Å². The van der Waals surface area contributed by atoms with Gasteiger partial charge in [-0.15, -0.1) is 11.3 Å². The van der Waals surface area contributed by atoms with Crippen LogP contribution in [0.2, 0.25) is 5.02 Å². The third-order valence-electron chi connectivity index (χ3n) is 4.60. The molecule has 154 valence electrons. The van der Waals surface area contributed by atoms with E-state index in [9.17, 15) is 9.59 Å². The predicted molar refractivity (Wildman–Crippen MR) is 124 cm³/mol. The number of nitrogens with one attached hydrogen (secondary N) is 1. The minimum Gasteiger partial charge on any atom is -0.465 e. The number of hydrogen-bond acceptors (Lipinski definition) is 5. The predicted octanol–water partition coefficient (Wildman–Crippen LogP) is 6.17. The van der Waals surface area contributed by atoms with Gasteiger partial charge in [0.1, 0.15) is 5.01 Å². The summed E-state index contributed by atoms with van der Waals surface area (Å²) in [7, 11) is 1.28. The molecule has 0 saturated heterocycles. The van der Waals surface area contributed by atoms with Gasteiger partial charge in [0.25, 0.3) is 5.91 Å². The highest BCUT2D eigenvalue weighted by molar-refractivity contribution is 7.13. The Hall–Kier alpha value is -3.48. The first-order valence-electron chi connectivity index (χ1n) is 9.36. The van der Waals surface area contributed by atoms with Crippen LogP contribution in [0.5, 0.6) is 0 Å². The summed E-state index contributed by atoms with van der Waals surface area (Å²) in [5, 5.41) is 6.26. The van der Waals surface area contributed by atoms with Crippen LogP contribution in [0.15, 0.2) is 78.2 Å². The van der Waals surface area contributed by atoms with Crippen LogP contribution in [0.3, 0.4) is 0 Å². The number of esters is 1. The lowest BCUT2D eigenvalue weighted by molar-refractivity contribution is 0.0597. The molecule has 1 amide bonds. The van der Waals surface area contributed by atoms with E-state index in [0.29, 0.717) is 10.7 Å². The second kappa shape index (κ2) is 9.12. The Bertz CT molecular complexity index is 1270. The van der Waals surface area contributed by atoms with Gasteiger partial charge in [0, 0.05) is 22.2 Å². The van der Waals surface area contributed by atoms with E-state index in [0.717, 1.165) is 21.8 Å². The van der Waals surface area contributed by atoms with Gasteiger partial charge in [0.2, 0.25) is 0 Å². The van der Waals surface area contributed by atoms with E-state index in [1.807, 2.05) is 47.8 Å². The van der Waals surface area contributed by atoms with Crippen molar-refractivity contribution in [1.29, 1.82) is 0 Å². The lowest BCUT2D eigenvalue weighted by Crippen LogP contribution is -2.17. The third kappa shape index (κ3) is 4.50. The minimum atomic E-state index is -0.561. The van der Waals surface area contributed by atoms with Crippen LogP contribution in [-0.2, 0) is 4.74 Å². The number of carbonyl (C=O) groups excluding carboxylic acids is 2. The van der Waals surface area contributed by atoms with Crippen molar-refractivity contribution in [1.82, 2.24) is 4.98 Å². The summed E-state index contributed by atoms with van der Waals surface area (Å²) >= 11 is 7.79. The Balaban J connectivity index is 1.58. The number of rotatable bonds is 5. The molecule has 0 spiro atoms. The van der Waals surface area contributed by atoms with Crippen molar-refractivity contribution in [2.24, 2.45) is 0 Å². The van der Waals surface area contributed by atoms with Crippen molar-refractivity contribution in [3.8, 4) is 21.8 Å². The van der Waals surface area contributed by atoms with Gasteiger partial charge in [-0.3, -0.25) is 4.79 Å². The Morgan fingerprint density at radius 1 is 0.968 bits per heavy atom. The van der Waals surface area contributed by atoms with Gasteiger partial charge in [0.05, 0.1) is 29.0 Å². The van der Waals surface area contributed by atoms with Crippen molar-refractivity contribution in [3.63, 3.8) is 0 Å². The lowest BCUT2D eigenvalue weighted by Gasteiger charge is -2.09. The molecule has 5 nitrogen and oxygen atoms in total. The van der Waals surface area contributed by atoms with Gasteiger partial charge < -0.3 is 10.1 Å². The standard InChI is InChI=1S/C24H17ClN2O3S/c1-30-24(29)18-10-3-2-9-17(18)22(28)26-16-8-6-7-15(13-16)21-14-31-23(27-21)19-11-4-5-12-20(19)25/h2-14H,1H3,(H,26,28). The molecule has 31 heavy (non-hydrogen) atoms. The number of hydrogen-bond donors (Lipinski definition) is 1. The zero-order chi connectivity index (χ0) is 21.8. The summed E-state index contributed by atoms with van der Waals surface area (Å²) in [6.07, 6.45) is 0. The monoisotopic (exact) mass is 448 g/mol. The molecule has 1 heterocycles. The summed E-state index contributed by atoms with van der Waals surface area (Å²) < 4.78 is 4.77. The molecular formula is C24H17ClN2O3S. The van der Waals surface area contributed by atoms with Crippen LogP contribution in [-0.4, -0.2) is 24.0 Å². The van der Waals surface area contributed by atoms with Gasteiger partial charge >= 0.3 is 5.97 Å². The molecule has 1 aromatic heterocycles. The van der Waals surface area contributed by atoms with Crippen molar-refractivity contribution in [3.05, 3.63) is 94.3 Å². The van der Waals surface area contributed by atoms with Gasteiger partial charge in [-0.2, -0.15) is 0 Å². The molecule has 0 atom stereocenters. The maximum Gasteiger partial charge on any atom is 0.338 e. The summed E-state index contributed by atoms with van der Waals surface area (Å²) in [5.74, 6) is -0.956. The van der Waals surface area contributed by atoms with E-state index >= 15 is 0 Å². The molecule has 4 rings (SSSR count). The Kier molecular flexibility index (Phi) is 6.11. The van der Waals surface area contributed by atoms with Crippen molar-refractivity contribution >= 4 is 40.5 Å². The molecule has 7 heteroatoms. The van der Waals surface area contributed by atoms with Crippen LogP contribution in [0, 0.1) is 0 Å². The fraction of sp³-hybridized carbons (Fsp3) is 0.0417. The summed E-state index contributed by atoms with van der Waals surface area (Å²) in [4.78, 5) is 29.4. The number of aromatic nitrogens is 1. The number of methoxy groups -OCH3 is 1. The van der Waals surface area contributed by atoms with Gasteiger partial charge in [0.15, 0.2) is 0 Å². The number of nitrogens with zero attached hydrogens (tertiary/aromatic N) is 1. The molecule has 0 radical (unpaired) electrons. The van der Waals surface area contributed by atoms with E-state index in [1.165, 1.54) is 18.4 Å². The average Bonchev–Trinajstić information content (AvgIpc) is 3.29. The smallest absolute Gasteiger partial charge is 0.338 e. The number of thiazole rings is 1. The molecule has 0 aliphatic rings. The van der Waals surface area contributed by atoms with Crippen LogP contribution < -0.4 is 5.32 Å². The summed E-state index contributed by atoms with van der Waals surface area (Å²) in [6.45, 7) is 0. The quantitative estimate of drug-likeness (QED) is 0.371. The summed E-state index contributed by atoms with van der Waals surface area (Å²) in [6, 6.07) is 21.5. The first-order chi connectivity index (χ1) is 15.1. The maximum absolute atomic E-state index is 12.8. The first kappa shape index (κ1) is 20.8. The second-order valence-electron chi connectivity index (χ2n) is 6.59. The van der Waals surface area contributed by atoms with Crippen LogP contribution in [0.1, 0.15) is 20.7 Å². The highest BCUT2D eigenvalue weighted by Crippen LogP contribution is 2.33. The zero-order valence-corrected chi connectivity index (χ0v) is 18.0.